The average molecular weight is 431 g/mol. The average Bonchev–Trinajstić information content (AvgIpc) is 3.10. The van der Waals surface area contributed by atoms with E-state index in [1.165, 1.54) is 17.4 Å². The van der Waals surface area contributed by atoms with E-state index in [-0.39, 0.29) is 5.91 Å². The fourth-order valence-electron chi connectivity index (χ4n) is 3.92. The van der Waals surface area contributed by atoms with Crippen molar-refractivity contribution >= 4 is 34.3 Å². The van der Waals surface area contributed by atoms with Gasteiger partial charge in [0, 0.05) is 61.5 Å². The Kier molecular flexibility index (Phi) is 5.34. The van der Waals surface area contributed by atoms with Gasteiger partial charge >= 0.3 is 0 Å². The Morgan fingerprint density at radius 2 is 1.81 bits per heavy atom. The van der Waals surface area contributed by atoms with E-state index < -0.39 is 0 Å². The maximum atomic E-state index is 13.6. The van der Waals surface area contributed by atoms with Gasteiger partial charge < -0.3 is 14.2 Å². The minimum absolute atomic E-state index is 0.0779. The van der Waals surface area contributed by atoms with Crippen LogP contribution in [0.5, 0.6) is 0 Å². The molecule has 0 aliphatic carbocycles. The van der Waals surface area contributed by atoms with Crippen molar-refractivity contribution in [1.29, 1.82) is 0 Å². The third-order valence-corrected chi connectivity index (χ3v) is 6.44. The van der Waals surface area contributed by atoms with Crippen LogP contribution in [0.25, 0.3) is 11.0 Å². The van der Waals surface area contributed by atoms with Crippen LogP contribution in [0.4, 0.5) is 5.69 Å². The highest BCUT2D eigenvalue weighted by Crippen LogP contribution is 2.33. The van der Waals surface area contributed by atoms with Gasteiger partial charge in [0.05, 0.1) is 0 Å². The molecule has 5 rings (SSSR count). The monoisotopic (exact) mass is 430 g/mol. The number of carbonyl (C=O) groups is 1. The van der Waals surface area contributed by atoms with E-state index in [1.54, 1.807) is 18.5 Å². The summed E-state index contributed by atoms with van der Waals surface area (Å²) >= 11 is 1.50. The minimum atomic E-state index is -0.0779. The number of likely N-dealkylation sites (N-methyl/N-ethyl adjacent to an activating group) is 1. The number of thioether (sulfide) groups is 1. The van der Waals surface area contributed by atoms with Crippen LogP contribution in [0, 0.1) is 0 Å². The summed E-state index contributed by atoms with van der Waals surface area (Å²) < 4.78 is 6.10. The van der Waals surface area contributed by atoms with E-state index in [4.69, 9.17) is 4.42 Å². The summed E-state index contributed by atoms with van der Waals surface area (Å²) in [6.07, 6.45) is 3.44. The second-order valence-corrected chi connectivity index (χ2v) is 8.45. The zero-order valence-electron chi connectivity index (χ0n) is 17.2. The SMILES string of the molecule is CN1CCN(C(=O)c2oc3ccccc3c2CSc2ncccn2)Cc2ccccc21. The molecular formula is C24H22N4O2S. The number of aromatic nitrogens is 2. The molecule has 0 atom stereocenters. The normalized spacial score (nSPS) is 13.8. The van der Waals surface area contributed by atoms with E-state index in [2.05, 4.69) is 34.0 Å². The molecule has 0 spiro atoms. The van der Waals surface area contributed by atoms with Gasteiger partial charge in [0.15, 0.2) is 10.9 Å². The summed E-state index contributed by atoms with van der Waals surface area (Å²) in [6, 6.07) is 17.8. The smallest absolute Gasteiger partial charge is 0.290 e. The van der Waals surface area contributed by atoms with Crippen LogP contribution in [0.15, 0.2) is 76.6 Å². The first kappa shape index (κ1) is 19.6. The second-order valence-electron chi connectivity index (χ2n) is 7.50. The molecule has 0 radical (unpaired) electrons. The zero-order valence-corrected chi connectivity index (χ0v) is 18.0. The van der Waals surface area contributed by atoms with Gasteiger partial charge in [-0.1, -0.05) is 48.2 Å². The lowest BCUT2D eigenvalue weighted by molar-refractivity contribution is 0.0721. The lowest BCUT2D eigenvalue weighted by Crippen LogP contribution is -2.34. The van der Waals surface area contributed by atoms with Crippen molar-refractivity contribution in [2.24, 2.45) is 0 Å². The molecule has 0 bridgehead atoms. The van der Waals surface area contributed by atoms with Crippen molar-refractivity contribution in [3.63, 3.8) is 0 Å². The number of fused-ring (bicyclic) bond motifs is 2. The highest BCUT2D eigenvalue weighted by Gasteiger charge is 2.28. The molecule has 2 aromatic carbocycles. The summed E-state index contributed by atoms with van der Waals surface area (Å²) in [7, 11) is 2.07. The summed E-state index contributed by atoms with van der Waals surface area (Å²) in [5.74, 6) is 0.893. The number of para-hydroxylation sites is 2. The molecule has 0 saturated heterocycles. The summed E-state index contributed by atoms with van der Waals surface area (Å²) in [4.78, 5) is 26.3. The lowest BCUT2D eigenvalue weighted by atomic mass is 10.1. The van der Waals surface area contributed by atoms with Crippen molar-refractivity contribution in [2.45, 2.75) is 17.5 Å². The molecule has 0 unspecified atom stereocenters. The van der Waals surface area contributed by atoms with Gasteiger partial charge in [0.25, 0.3) is 5.91 Å². The number of hydrogen-bond donors (Lipinski definition) is 0. The van der Waals surface area contributed by atoms with Crippen LogP contribution in [-0.4, -0.2) is 40.9 Å². The Bertz CT molecular complexity index is 1220. The Hall–Kier alpha value is -3.32. The van der Waals surface area contributed by atoms with E-state index in [0.29, 0.717) is 29.8 Å². The number of rotatable bonds is 4. The molecule has 31 heavy (non-hydrogen) atoms. The van der Waals surface area contributed by atoms with Crippen molar-refractivity contribution in [1.82, 2.24) is 14.9 Å². The lowest BCUT2D eigenvalue weighted by Gasteiger charge is -2.20. The van der Waals surface area contributed by atoms with Gasteiger partial charge in [-0.05, 0) is 23.8 Å². The molecular weight excluding hydrogens is 408 g/mol. The van der Waals surface area contributed by atoms with Crippen molar-refractivity contribution in [2.75, 3.05) is 25.0 Å². The van der Waals surface area contributed by atoms with Gasteiger partial charge in [-0.25, -0.2) is 9.97 Å². The topological polar surface area (TPSA) is 62.5 Å². The summed E-state index contributed by atoms with van der Waals surface area (Å²) in [6.45, 7) is 1.96. The van der Waals surface area contributed by atoms with E-state index in [0.717, 1.165) is 28.6 Å². The molecule has 6 nitrogen and oxygen atoms in total. The molecule has 2 aromatic heterocycles. The first-order valence-corrected chi connectivity index (χ1v) is 11.2. The van der Waals surface area contributed by atoms with Crippen molar-refractivity contribution in [3.8, 4) is 0 Å². The van der Waals surface area contributed by atoms with E-state index in [9.17, 15) is 4.79 Å². The Balaban J connectivity index is 1.48. The minimum Gasteiger partial charge on any atom is -0.451 e. The van der Waals surface area contributed by atoms with Crippen LogP contribution in [0.2, 0.25) is 0 Å². The summed E-state index contributed by atoms with van der Waals surface area (Å²) in [5.41, 5.74) is 3.92. The van der Waals surface area contributed by atoms with E-state index in [1.807, 2.05) is 41.3 Å². The van der Waals surface area contributed by atoms with Crippen molar-refractivity contribution < 1.29 is 9.21 Å². The number of carbonyl (C=O) groups excluding carboxylic acids is 1. The van der Waals surface area contributed by atoms with Gasteiger partial charge in [-0.15, -0.1) is 0 Å². The Morgan fingerprint density at radius 1 is 1.03 bits per heavy atom. The largest absolute Gasteiger partial charge is 0.451 e. The standard InChI is InChI=1S/C24H22N4O2S/c1-27-13-14-28(15-17-7-2-4-9-20(17)27)23(29)22-19(16-31-24-25-11-6-12-26-24)18-8-3-5-10-21(18)30-22/h2-12H,13-16H2,1H3. The third-order valence-electron chi connectivity index (χ3n) is 5.54. The van der Waals surface area contributed by atoms with Crippen LogP contribution >= 0.6 is 11.8 Å². The summed E-state index contributed by atoms with van der Waals surface area (Å²) in [5, 5.41) is 1.64. The highest BCUT2D eigenvalue weighted by atomic mass is 32.2. The number of anilines is 1. The maximum Gasteiger partial charge on any atom is 0.290 e. The number of furan rings is 1. The number of hydrogen-bond acceptors (Lipinski definition) is 6. The number of nitrogens with zero attached hydrogens (tertiary/aromatic N) is 4. The molecule has 156 valence electrons. The molecule has 4 aromatic rings. The van der Waals surface area contributed by atoms with Gasteiger partial charge in [-0.3, -0.25) is 4.79 Å². The third kappa shape index (κ3) is 3.88. The molecule has 1 aliphatic rings. The van der Waals surface area contributed by atoms with Crippen LogP contribution in [-0.2, 0) is 12.3 Å². The maximum absolute atomic E-state index is 13.6. The fourth-order valence-corrected chi connectivity index (χ4v) is 4.75. The quantitative estimate of drug-likeness (QED) is 0.348. The molecule has 0 saturated carbocycles. The fraction of sp³-hybridized carbons (Fsp3) is 0.208. The predicted octanol–water partition coefficient (Wildman–Crippen LogP) is 4.61. The molecule has 0 N–H and O–H groups in total. The number of amides is 1. The Labute approximate surface area is 184 Å². The Morgan fingerprint density at radius 3 is 2.68 bits per heavy atom. The van der Waals surface area contributed by atoms with Crippen molar-refractivity contribution in [3.05, 3.63) is 83.9 Å². The van der Waals surface area contributed by atoms with Crippen LogP contribution in [0.1, 0.15) is 21.7 Å². The molecule has 7 heteroatoms. The number of benzene rings is 2. The highest BCUT2D eigenvalue weighted by molar-refractivity contribution is 7.98. The van der Waals surface area contributed by atoms with Crippen LogP contribution < -0.4 is 4.90 Å². The molecule has 1 aliphatic heterocycles. The molecule has 1 amide bonds. The first-order chi connectivity index (χ1) is 15.2. The van der Waals surface area contributed by atoms with Crippen LogP contribution in [0.3, 0.4) is 0 Å². The second kappa shape index (κ2) is 8.43. The predicted molar refractivity (Wildman–Crippen MR) is 122 cm³/mol. The zero-order chi connectivity index (χ0) is 21.2. The van der Waals surface area contributed by atoms with Gasteiger partial charge in [0.1, 0.15) is 5.58 Å². The van der Waals surface area contributed by atoms with Gasteiger partial charge in [0.2, 0.25) is 0 Å². The molecule has 0 fully saturated rings. The van der Waals surface area contributed by atoms with Gasteiger partial charge in [-0.2, -0.15) is 0 Å². The molecule has 3 heterocycles. The van der Waals surface area contributed by atoms with E-state index >= 15 is 0 Å². The first-order valence-electron chi connectivity index (χ1n) is 10.2.